The summed E-state index contributed by atoms with van der Waals surface area (Å²) in [6, 6.07) is 70.8. The van der Waals surface area contributed by atoms with Gasteiger partial charge in [0.2, 0.25) is 0 Å². The molecule has 2 nitrogen and oxygen atoms in total. The van der Waals surface area contributed by atoms with Crippen LogP contribution in [-0.2, 0) is 0 Å². The fraction of sp³-hybridized carbons (Fsp3) is 0. The molecule has 0 N–H and O–H groups in total. The molecule has 0 saturated carbocycles. The van der Waals surface area contributed by atoms with Gasteiger partial charge in [0.15, 0.2) is 0 Å². The van der Waals surface area contributed by atoms with Crippen LogP contribution in [0.4, 0.5) is 17.1 Å². The number of hydrogen-bond acceptors (Lipinski definition) is 1. The quantitative estimate of drug-likeness (QED) is 0.156. The van der Waals surface area contributed by atoms with Crippen molar-refractivity contribution in [2.24, 2.45) is 0 Å². The minimum absolute atomic E-state index is 0.271. The van der Waals surface area contributed by atoms with Crippen molar-refractivity contribution in [3.8, 4) is 27.9 Å². The Kier molecular flexibility index (Phi) is 7.20. The summed E-state index contributed by atoms with van der Waals surface area (Å²) in [5, 5.41) is 5.25. The fourth-order valence-corrected chi connectivity index (χ4v) is 9.93. The van der Waals surface area contributed by atoms with E-state index in [0.717, 1.165) is 17.1 Å². The van der Waals surface area contributed by atoms with Gasteiger partial charge in [-0.25, -0.2) is 0 Å². The third-order valence-electron chi connectivity index (χ3n) is 10.0. The SMILES string of the molecule is c1ccc(-c2ccc(-c3ccc(N(c4ccc5c(c4)[se]c4ccccc45)c4ccc5c6ccccc6n(-c6ccccc6)c5c4)cc3)cc2)cc1. The predicted molar refractivity (Wildman–Crippen MR) is 218 cm³/mol. The monoisotopic (exact) mass is 716 g/mol. The summed E-state index contributed by atoms with van der Waals surface area (Å²) in [5.41, 5.74) is 11.9. The van der Waals surface area contributed by atoms with Crippen LogP contribution in [0.3, 0.4) is 0 Å². The Bertz CT molecular complexity index is 2830. The van der Waals surface area contributed by atoms with E-state index in [-0.39, 0.29) is 14.5 Å². The Balaban J connectivity index is 1.12. The molecule has 0 saturated heterocycles. The van der Waals surface area contributed by atoms with Crippen LogP contribution in [-0.4, -0.2) is 19.1 Å². The maximum absolute atomic E-state index is 2.42. The van der Waals surface area contributed by atoms with Gasteiger partial charge in [0, 0.05) is 0 Å². The van der Waals surface area contributed by atoms with Crippen molar-refractivity contribution in [3.05, 3.63) is 194 Å². The Hall–Kier alpha value is -6.12. The van der Waals surface area contributed by atoms with Gasteiger partial charge in [0.1, 0.15) is 0 Å². The topological polar surface area (TPSA) is 8.17 Å². The maximum Gasteiger partial charge on any atom is -0.0544 e. The summed E-state index contributed by atoms with van der Waals surface area (Å²) in [6.45, 7) is 0. The van der Waals surface area contributed by atoms with Crippen LogP contribution in [0.5, 0.6) is 0 Å². The summed E-state index contributed by atoms with van der Waals surface area (Å²) in [4.78, 5) is 2.42. The second-order valence-corrected chi connectivity index (χ2v) is 15.3. The summed E-state index contributed by atoms with van der Waals surface area (Å²) in [5.74, 6) is 0. The van der Waals surface area contributed by atoms with Gasteiger partial charge >= 0.3 is 268 Å². The predicted octanol–water partition coefficient (Wildman–Crippen LogP) is 13.0. The second kappa shape index (κ2) is 12.3. The van der Waals surface area contributed by atoms with Crippen LogP contribution in [0.1, 0.15) is 0 Å². The van der Waals surface area contributed by atoms with E-state index >= 15 is 0 Å². The second-order valence-electron chi connectivity index (χ2n) is 13.0. The van der Waals surface area contributed by atoms with Gasteiger partial charge in [-0.05, 0) is 5.56 Å². The first-order valence-electron chi connectivity index (χ1n) is 17.3. The molecule has 2 heterocycles. The Labute approximate surface area is 302 Å². The number of benzene rings is 8. The first-order chi connectivity index (χ1) is 25.3. The summed E-state index contributed by atoms with van der Waals surface area (Å²) in [6.07, 6.45) is 0. The first kappa shape index (κ1) is 29.8. The van der Waals surface area contributed by atoms with Gasteiger partial charge in [-0.15, -0.1) is 0 Å². The van der Waals surface area contributed by atoms with Gasteiger partial charge in [-0.3, -0.25) is 0 Å². The van der Waals surface area contributed by atoms with E-state index in [9.17, 15) is 0 Å². The minimum Gasteiger partial charge on any atom is -0.0617 e. The zero-order valence-electron chi connectivity index (χ0n) is 27.8. The number of aromatic nitrogens is 1. The molecule has 0 aliphatic carbocycles. The van der Waals surface area contributed by atoms with Gasteiger partial charge in [0.05, 0.1) is 0 Å². The van der Waals surface area contributed by atoms with Gasteiger partial charge in [-0.2, -0.15) is 0 Å². The van der Waals surface area contributed by atoms with Crippen molar-refractivity contribution in [1.82, 2.24) is 4.57 Å². The molecular formula is C48H32N2Se. The van der Waals surface area contributed by atoms with Crippen molar-refractivity contribution < 1.29 is 0 Å². The Morgan fingerprint density at radius 3 is 1.55 bits per heavy atom. The van der Waals surface area contributed by atoms with Crippen LogP contribution in [0, 0.1) is 0 Å². The summed E-state index contributed by atoms with van der Waals surface area (Å²) < 4.78 is 5.29. The van der Waals surface area contributed by atoms with E-state index in [1.807, 2.05) is 0 Å². The average molecular weight is 716 g/mol. The standard InChI is InChI=1S/C48H32N2Se/c1-3-11-33(12-4-1)34-19-21-35(22-20-34)36-23-25-38(26-24-36)49(40-28-30-44-43-16-8-10-18-47(43)51-48(44)32-40)39-27-29-42-41-15-7-9-17-45(41)50(46(42)31-39)37-13-5-2-6-14-37/h1-32H. The number of nitrogens with zero attached hydrogens (tertiary/aromatic N) is 2. The molecule has 240 valence electrons. The minimum atomic E-state index is 0.271. The van der Waals surface area contributed by atoms with Crippen molar-refractivity contribution in [1.29, 1.82) is 0 Å². The molecule has 0 fully saturated rings. The number of rotatable bonds is 6. The molecule has 10 rings (SSSR count). The zero-order chi connectivity index (χ0) is 33.7. The Morgan fingerprint density at radius 1 is 0.333 bits per heavy atom. The summed E-state index contributed by atoms with van der Waals surface area (Å²) in [7, 11) is 0. The van der Waals surface area contributed by atoms with Gasteiger partial charge in [-0.1, -0.05) is 30.3 Å². The summed E-state index contributed by atoms with van der Waals surface area (Å²) >= 11 is 0.271. The molecular weight excluding hydrogens is 684 g/mol. The zero-order valence-corrected chi connectivity index (χ0v) is 29.5. The first-order valence-corrected chi connectivity index (χ1v) is 19.1. The third-order valence-corrected chi connectivity index (χ3v) is 12.4. The largest absolute Gasteiger partial charge is 0.0617 e. The molecule has 0 bridgehead atoms. The van der Waals surface area contributed by atoms with Crippen molar-refractivity contribution in [2.45, 2.75) is 0 Å². The fourth-order valence-electron chi connectivity index (χ4n) is 7.54. The van der Waals surface area contributed by atoms with E-state index < -0.39 is 0 Å². The van der Waals surface area contributed by atoms with Gasteiger partial charge in [0.25, 0.3) is 0 Å². The van der Waals surface area contributed by atoms with Crippen LogP contribution in [0.15, 0.2) is 194 Å². The number of anilines is 3. The van der Waals surface area contributed by atoms with Gasteiger partial charge < -0.3 is 0 Å². The maximum atomic E-state index is 2.42. The molecule has 2 aromatic heterocycles. The number of hydrogen-bond donors (Lipinski definition) is 0. The van der Waals surface area contributed by atoms with Crippen molar-refractivity contribution in [2.75, 3.05) is 4.90 Å². The molecule has 0 aliphatic heterocycles. The van der Waals surface area contributed by atoms with E-state index in [1.165, 1.54) is 69.0 Å². The molecule has 8 aromatic carbocycles. The van der Waals surface area contributed by atoms with Crippen LogP contribution in [0.25, 0.3) is 69.0 Å². The number of fused-ring (bicyclic) bond motifs is 6. The van der Waals surface area contributed by atoms with Crippen LogP contribution >= 0.6 is 0 Å². The third kappa shape index (κ3) is 5.18. The average Bonchev–Trinajstić information content (AvgIpc) is 3.74. The molecule has 0 spiro atoms. The van der Waals surface area contributed by atoms with Crippen molar-refractivity contribution in [3.63, 3.8) is 0 Å². The smallest absolute Gasteiger partial charge is 0.0544 e. The molecule has 0 atom stereocenters. The van der Waals surface area contributed by atoms with Crippen molar-refractivity contribution >= 4 is 72.7 Å². The molecule has 3 heteroatoms. The molecule has 0 radical (unpaired) electrons. The van der Waals surface area contributed by atoms with E-state index in [1.54, 1.807) is 0 Å². The van der Waals surface area contributed by atoms with E-state index in [2.05, 4.69) is 204 Å². The van der Waals surface area contributed by atoms with Crippen LogP contribution in [0.2, 0.25) is 0 Å². The van der Waals surface area contributed by atoms with E-state index in [0.29, 0.717) is 0 Å². The molecule has 0 aliphatic rings. The molecule has 0 amide bonds. The van der Waals surface area contributed by atoms with Crippen LogP contribution < -0.4 is 4.90 Å². The van der Waals surface area contributed by atoms with E-state index in [4.69, 9.17) is 0 Å². The molecule has 10 aromatic rings. The Morgan fingerprint density at radius 2 is 0.824 bits per heavy atom. The molecule has 51 heavy (non-hydrogen) atoms. The normalized spacial score (nSPS) is 11.5. The number of para-hydroxylation sites is 2. The molecule has 0 unspecified atom stereocenters.